The quantitative estimate of drug-likeness (QED) is 0.626. The van der Waals surface area contributed by atoms with E-state index in [-0.39, 0.29) is 12.5 Å². The largest absolute Gasteiger partial charge is 0.468 e. The molecule has 0 spiro atoms. The second-order valence-corrected chi connectivity index (χ2v) is 6.09. The van der Waals surface area contributed by atoms with Gasteiger partial charge in [0, 0.05) is 5.69 Å². The number of aryl methyl sites for hydroxylation is 1. The molecule has 3 amide bonds. The van der Waals surface area contributed by atoms with E-state index in [1.807, 2.05) is 45.0 Å². The molecule has 7 heteroatoms. The average molecular weight is 349 g/mol. The fraction of sp³-hybridized carbons (Fsp3) is 0.500. The summed E-state index contributed by atoms with van der Waals surface area (Å²) >= 11 is 0. The molecule has 1 aromatic rings. The number of benzene rings is 1. The lowest BCUT2D eigenvalue weighted by atomic mass is 10.0. The van der Waals surface area contributed by atoms with E-state index in [9.17, 15) is 14.4 Å². The molecule has 0 radical (unpaired) electrons. The van der Waals surface area contributed by atoms with Crippen molar-refractivity contribution in [2.75, 3.05) is 19.0 Å². The predicted molar refractivity (Wildman–Crippen MR) is 96.2 cm³/mol. The average Bonchev–Trinajstić information content (AvgIpc) is 2.58. The summed E-state index contributed by atoms with van der Waals surface area (Å²) in [5.41, 5.74) is 1.72. The molecule has 0 aliphatic rings. The van der Waals surface area contributed by atoms with E-state index in [0.717, 1.165) is 12.0 Å². The first kappa shape index (κ1) is 20.5. The summed E-state index contributed by atoms with van der Waals surface area (Å²) in [6.45, 7) is 5.67. The Morgan fingerprint density at radius 1 is 1.16 bits per heavy atom. The Bertz CT molecular complexity index is 602. The first-order valence-electron chi connectivity index (χ1n) is 8.37. The van der Waals surface area contributed by atoms with E-state index < -0.39 is 23.9 Å². The fourth-order valence-corrected chi connectivity index (χ4v) is 2.32. The lowest BCUT2D eigenvalue weighted by molar-refractivity contribution is -0.141. The van der Waals surface area contributed by atoms with Gasteiger partial charge in [0.1, 0.15) is 12.6 Å². The number of nitrogens with one attached hydrogen (secondary N) is 3. The molecule has 7 nitrogen and oxygen atoms in total. The van der Waals surface area contributed by atoms with Gasteiger partial charge in [0.25, 0.3) is 0 Å². The molecule has 0 saturated heterocycles. The van der Waals surface area contributed by atoms with Crippen LogP contribution in [0.25, 0.3) is 0 Å². The van der Waals surface area contributed by atoms with Gasteiger partial charge in [0.2, 0.25) is 5.91 Å². The lowest BCUT2D eigenvalue weighted by Gasteiger charge is -2.20. The number of anilines is 1. The van der Waals surface area contributed by atoms with Gasteiger partial charge in [-0.1, -0.05) is 39.0 Å². The summed E-state index contributed by atoms with van der Waals surface area (Å²) in [4.78, 5) is 35.7. The summed E-state index contributed by atoms with van der Waals surface area (Å²) in [5, 5.41) is 7.92. The van der Waals surface area contributed by atoms with E-state index in [1.54, 1.807) is 0 Å². The minimum absolute atomic E-state index is 0.192. The number of ether oxygens (including phenoxy) is 1. The van der Waals surface area contributed by atoms with Crippen LogP contribution in [0.1, 0.15) is 32.8 Å². The molecule has 0 saturated carbocycles. The normalized spacial score (nSPS) is 11.6. The summed E-state index contributed by atoms with van der Waals surface area (Å²) in [5.74, 6) is -0.770. The van der Waals surface area contributed by atoms with Crippen LogP contribution in [0, 0.1) is 5.92 Å². The van der Waals surface area contributed by atoms with Crippen molar-refractivity contribution in [2.45, 2.75) is 39.7 Å². The summed E-state index contributed by atoms with van der Waals surface area (Å²) < 4.78 is 4.49. The van der Waals surface area contributed by atoms with Crippen LogP contribution in [0.2, 0.25) is 0 Å². The summed E-state index contributed by atoms with van der Waals surface area (Å²) in [6.07, 6.45) is 1.24. The maximum absolute atomic E-state index is 12.3. The first-order valence-corrected chi connectivity index (χ1v) is 8.37. The minimum Gasteiger partial charge on any atom is -0.468 e. The van der Waals surface area contributed by atoms with Gasteiger partial charge in [-0.3, -0.25) is 9.59 Å². The highest BCUT2D eigenvalue weighted by Gasteiger charge is 2.22. The third kappa shape index (κ3) is 7.24. The summed E-state index contributed by atoms with van der Waals surface area (Å²) in [6, 6.07) is 6.29. The maximum Gasteiger partial charge on any atom is 0.325 e. The van der Waals surface area contributed by atoms with Gasteiger partial charge in [-0.15, -0.1) is 0 Å². The number of hydrogen-bond donors (Lipinski definition) is 3. The highest BCUT2D eigenvalue weighted by atomic mass is 16.5. The van der Waals surface area contributed by atoms with E-state index in [0.29, 0.717) is 12.1 Å². The molecule has 0 aromatic heterocycles. The van der Waals surface area contributed by atoms with Crippen LogP contribution in [0.5, 0.6) is 0 Å². The first-order chi connectivity index (χ1) is 11.9. The maximum atomic E-state index is 12.3. The van der Waals surface area contributed by atoms with Crippen molar-refractivity contribution in [2.24, 2.45) is 5.92 Å². The second-order valence-electron chi connectivity index (χ2n) is 6.09. The topological polar surface area (TPSA) is 96.5 Å². The molecule has 25 heavy (non-hydrogen) atoms. The lowest BCUT2D eigenvalue weighted by Crippen LogP contribution is -2.49. The molecule has 3 N–H and O–H groups in total. The zero-order valence-electron chi connectivity index (χ0n) is 15.2. The zero-order chi connectivity index (χ0) is 18.8. The third-order valence-corrected chi connectivity index (χ3v) is 3.61. The number of esters is 1. The Morgan fingerprint density at radius 2 is 1.84 bits per heavy atom. The van der Waals surface area contributed by atoms with Gasteiger partial charge in [-0.05, 0) is 30.4 Å². The van der Waals surface area contributed by atoms with Gasteiger partial charge < -0.3 is 20.7 Å². The minimum atomic E-state index is -0.738. The molecule has 0 heterocycles. The van der Waals surface area contributed by atoms with Crippen molar-refractivity contribution in [3.05, 3.63) is 29.8 Å². The number of carbonyl (C=O) groups is 3. The molecule has 1 aromatic carbocycles. The number of carbonyl (C=O) groups excluding carboxylic acids is 3. The van der Waals surface area contributed by atoms with Crippen molar-refractivity contribution >= 4 is 23.6 Å². The summed E-state index contributed by atoms with van der Waals surface area (Å²) in [7, 11) is 1.25. The van der Waals surface area contributed by atoms with Gasteiger partial charge in [-0.25, -0.2) is 4.79 Å². The number of methoxy groups -OCH3 is 1. The van der Waals surface area contributed by atoms with Crippen LogP contribution in [-0.4, -0.2) is 37.6 Å². The highest BCUT2D eigenvalue weighted by Crippen LogP contribution is 2.15. The SMILES string of the molecule is CCc1ccccc1NC(=O)NC(CC(C)C)C(=O)NCC(=O)OC. The number of urea groups is 1. The van der Waals surface area contributed by atoms with Crippen molar-refractivity contribution in [3.63, 3.8) is 0 Å². The van der Waals surface area contributed by atoms with Crippen LogP contribution in [0.3, 0.4) is 0 Å². The van der Waals surface area contributed by atoms with Gasteiger partial charge in [0.15, 0.2) is 0 Å². The van der Waals surface area contributed by atoms with Crippen LogP contribution < -0.4 is 16.0 Å². The number of rotatable bonds is 8. The fourth-order valence-electron chi connectivity index (χ4n) is 2.32. The Balaban J connectivity index is 2.71. The molecular weight excluding hydrogens is 322 g/mol. The van der Waals surface area contributed by atoms with Gasteiger partial charge in [0.05, 0.1) is 7.11 Å². The highest BCUT2D eigenvalue weighted by molar-refractivity contribution is 5.94. The van der Waals surface area contributed by atoms with E-state index in [4.69, 9.17) is 0 Å². The van der Waals surface area contributed by atoms with Crippen molar-refractivity contribution in [1.29, 1.82) is 0 Å². The molecule has 0 aliphatic heterocycles. The van der Waals surface area contributed by atoms with Crippen molar-refractivity contribution in [1.82, 2.24) is 10.6 Å². The number of para-hydroxylation sites is 1. The van der Waals surface area contributed by atoms with E-state index in [1.165, 1.54) is 7.11 Å². The van der Waals surface area contributed by atoms with E-state index in [2.05, 4.69) is 20.7 Å². The molecular formula is C18H27N3O4. The number of hydrogen-bond acceptors (Lipinski definition) is 4. The zero-order valence-corrected chi connectivity index (χ0v) is 15.2. The molecule has 0 bridgehead atoms. The molecule has 0 fully saturated rings. The molecule has 1 unspecified atom stereocenters. The Kier molecular flexibility index (Phi) is 8.46. The third-order valence-electron chi connectivity index (χ3n) is 3.61. The van der Waals surface area contributed by atoms with Crippen molar-refractivity contribution in [3.8, 4) is 0 Å². The van der Waals surface area contributed by atoms with Gasteiger partial charge in [-0.2, -0.15) is 0 Å². The smallest absolute Gasteiger partial charge is 0.325 e. The predicted octanol–water partition coefficient (Wildman–Crippen LogP) is 2.07. The standard InChI is InChI=1S/C18H27N3O4/c1-5-13-8-6-7-9-14(13)20-18(24)21-15(10-12(2)3)17(23)19-11-16(22)25-4/h6-9,12,15H,5,10-11H2,1-4H3,(H,19,23)(H2,20,21,24). The Morgan fingerprint density at radius 3 is 2.44 bits per heavy atom. The molecule has 138 valence electrons. The van der Waals surface area contributed by atoms with Crippen LogP contribution in [0.15, 0.2) is 24.3 Å². The monoisotopic (exact) mass is 349 g/mol. The van der Waals surface area contributed by atoms with Crippen LogP contribution in [0.4, 0.5) is 10.5 Å². The Hall–Kier alpha value is -2.57. The van der Waals surface area contributed by atoms with Crippen LogP contribution >= 0.6 is 0 Å². The number of amides is 3. The van der Waals surface area contributed by atoms with Crippen molar-refractivity contribution < 1.29 is 19.1 Å². The van der Waals surface area contributed by atoms with Crippen LogP contribution in [-0.2, 0) is 20.7 Å². The van der Waals surface area contributed by atoms with E-state index >= 15 is 0 Å². The molecule has 0 aliphatic carbocycles. The molecule has 1 rings (SSSR count). The molecule has 1 atom stereocenters. The Labute approximate surface area is 148 Å². The second kappa shape index (κ2) is 10.3. The van der Waals surface area contributed by atoms with Gasteiger partial charge >= 0.3 is 12.0 Å².